The minimum Gasteiger partial charge on any atom is -0.374 e. The summed E-state index contributed by atoms with van der Waals surface area (Å²) < 4.78 is 12.9. The number of amides is 2. The van der Waals surface area contributed by atoms with E-state index in [1.54, 1.807) is 6.92 Å². The maximum absolute atomic E-state index is 12.9. The van der Waals surface area contributed by atoms with Gasteiger partial charge >= 0.3 is 0 Å². The van der Waals surface area contributed by atoms with Gasteiger partial charge in [0.05, 0.1) is 0 Å². The Bertz CT molecular complexity index is 820. The molecule has 0 radical (unpaired) electrons. The van der Waals surface area contributed by atoms with Crippen molar-refractivity contribution in [1.29, 1.82) is 0 Å². The van der Waals surface area contributed by atoms with Crippen molar-refractivity contribution in [2.24, 2.45) is 0 Å². The molecule has 3 rings (SSSR count). The Kier molecular flexibility index (Phi) is 5.21. The summed E-state index contributed by atoms with van der Waals surface area (Å²) in [6.45, 7) is 4.46. The summed E-state index contributed by atoms with van der Waals surface area (Å²) in [5.74, 6) is -0.407. The van der Waals surface area contributed by atoms with Crippen LogP contribution in [0, 0.1) is 12.7 Å². The van der Waals surface area contributed by atoms with Crippen LogP contribution in [0.4, 0.5) is 21.5 Å². The first kappa shape index (κ1) is 17.9. The molecule has 2 amide bonds. The largest absolute Gasteiger partial charge is 0.374 e. The lowest BCUT2D eigenvalue weighted by Gasteiger charge is -2.20. The first-order valence-corrected chi connectivity index (χ1v) is 8.68. The van der Waals surface area contributed by atoms with Crippen LogP contribution in [0.3, 0.4) is 0 Å². The van der Waals surface area contributed by atoms with Gasteiger partial charge in [-0.2, -0.15) is 0 Å². The number of carbonyl (C=O) groups is 2. The van der Waals surface area contributed by atoms with Gasteiger partial charge in [-0.3, -0.25) is 9.59 Å². The van der Waals surface area contributed by atoms with E-state index in [1.807, 2.05) is 30.0 Å². The lowest BCUT2D eigenvalue weighted by molar-refractivity contribution is -0.117. The second-order valence-electron chi connectivity index (χ2n) is 6.51. The molecule has 1 atom stereocenters. The van der Waals surface area contributed by atoms with Crippen molar-refractivity contribution in [3.8, 4) is 0 Å². The number of nitrogens with one attached hydrogen (secondary N) is 2. The molecule has 6 heteroatoms. The zero-order valence-corrected chi connectivity index (χ0v) is 14.9. The smallest absolute Gasteiger partial charge is 0.246 e. The molecule has 1 aliphatic rings. The highest BCUT2D eigenvalue weighted by Crippen LogP contribution is 2.27. The molecule has 5 nitrogen and oxygen atoms in total. The van der Waals surface area contributed by atoms with E-state index in [2.05, 4.69) is 10.6 Å². The van der Waals surface area contributed by atoms with Gasteiger partial charge in [0, 0.05) is 30.0 Å². The number of anilines is 3. The van der Waals surface area contributed by atoms with E-state index < -0.39 is 6.04 Å². The summed E-state index contributed by atoms with van der Waals surface area (Å²) in [6.07, 6.45) is 1.49. The number of hydrogen-bond acceptors (Lipinski definition) is 3. The average molecular weight is 355 g/mol. The zero-order chi connectivity index (χ0) is 18.7. The molecule has 0 aromatic heterocycles. The van der Waals surface area contributed by atoms with Gasteiger partial charge in [0.25, 0.3) is 0 Å². The molecule has 2 aromatic carbocycles. The normalized spacial score (nSPS) is 15.0. The van der Waals surface area contributed by atoms with Crippen molar-refractivity contribution in [2.75, 3.05) is 22.1 Å². The molecule has 1 fully saturated rings. The lowest BCUT2D eigenvalue weighted by Crippen LogP contribution is -2.32. The Morgan fingerprint density at radius 2 is 1.85 bits per heavy atom. The second-order valence-corrected chi connectivity index (χ2v) is 6.51. The van der Waals surface area contributed by atoms with Crippen LogP contribution in [0.5, 0.6) is 0 Å². The van der Waals surface area contributed by atoms with Gasteiger partial charge in [-0.1, -0.05) is 0 Å². The van der Waals surface area contributed by atoms with Crippen LogP contribution in [0.25, 0.3) is 0 Å². The molecule has 0 saturated carbocycles. The van der Waals surface area contributed by atoms with Crippen molar-refractivity contribution in [2.45, 2.75) is 32.7 Å². The van der Waals surface area contributed by atoms with Gasteiger partial charge in [0.2, 0.25) is 11.8 Å². The maximum atomic E-state index is 12.9. The number of nitrogens with zero attached hydrogens (tertiary/aromatic N) is 1. The van der Waals surface area contributed by atoms with Crippen LogP contribution in [-0.4, -0.2) is 24.4 Å². The molecule has 0 bridgehead atoms. The fourth-order valence-corrected chi connectivity index (χ4v) is 3.05. The van der Waals surface area contributed by atoms with Crippen molar-refractivity contribution in [3.05, 3.63) is 53.8 Å². The molecule has 2 N–H and O–H groups in total. The fraction of sp³-hybridized carbons (Fsp3) is 0.300. The summed E-state index contributed by atoms with van der Waals surface area (Å²) in [5.41, 5.74) is 3.25. The van der Waals surface area contributed by atoms with E-state index in [0.717, 1.165) is 29.9 Å². The molecule has 136 valence electrons. The van der Waals surface area contributed by atoms with E-state index in [9.17, 15) is 14.0 Å². The van der Waals surface area contributed by atoms with Crippen molar-refractivity contribution < 1.29 is 14.0 Å². The summed E-state index contributed by atoms with van der Waals surface area (Å²) in [7, 11) is 0. The standard InChI is InChI=1S/C20H22FN3O2/c1-13-12-17(9-10-18(13)24-11-3-4-19(24)25)22-14(2)20(26)23-16-7-5-15(21)6-8-16/h5-10,12,14,22H,3-4,11H2,1-2H3,(H,23,26)/t14-/m1/s1. The zero-order valence-electron chi connectivity index (χ0n) is 14.9. The van der Waals surface area contributed by atoms with E-state index >= 15 is 0 Å². The van der Waals surface area contributed by atoms with Gasteiger partial charge < -0.3 is 15.5 Å². The Labute approximate surface area is 152 Å². The summed E-state index contributed by atoms with van der Waals surface area (Å²) in [4.78, 5) is 26.0. The van der Waals surface area contributed by atoms with Crippen molar-refractivity contribution >= 4 is 28.9 Å². The predicted molar refractivity (Wildman–Crippen MR) is 101 cm³/mol. The van der Waals surface area contributed by atoms with Crippen molar-refractivity contribution in [3.63, 3.8) is 0 Å². The molecule has 1 aliphatic heterocycles. The summed E-state index contributed by atoms with van der Waals surface area (Å²) in [6, 6.07) is 10.9. The predicted octanol–water partition coefficient (Wildman–Crippen LogP) is 3.70. The Morgan fingerprint density at radius 3 is 2.46 bits per heavy atom. The highest BCUT2D eigenvalue weighted by molar-refractivity contribution is 5.97. The average Bonchev–Trinajstić information content (AvgIpc) is 3.03. The third-order valence-electron chi connectivity index (χ3n) is 4.45. The van der Waals surface area contributed by atoms with E-state index in [0.29, 0.717) is 12.1 Å². The van der Waals surface area contributed by atoms with Crippen LogP contribution in [-0.2, 0) is 9.59 Å². The highest BCUT2D eigenvalue weighted by Gasteiger charge is 2.23. The lowest BCUT2D eigenvalue weighted by atomic mass is 10.1. The third-order valence-corrected chi connectivity index (χ3v) is 4.45. The number of halogens is 1. The van der Waals surface area contributed by atoms with E-state index in [-0.39, 0.29) is 17.6 Å². The molecular formula is C20H22FN3O2. The molecule has 0 unspecified atom stereocenters. The Balaban J connectivity index is 1.64. The molecule has 1 heterocycles. The topological polar surface area (TPSA) is 61.4 Å². The molecule has 1 saturated heterocycles. The number of carbonyl (C=O) groups excluding carboxylic acids is 2. The highest BCUT2D eigenvalue weighted by atomic mass is 19.1. The minimum atomic E-state index is -0.473. The van der Waals surface area contributed by atoms with E-state index in [4.69, 9.17) is 0 Å². The number of rotatable bonds is 5. The SMILES string of the molecule is Cc1cc(N[C@H](C)C(=O)Nc2ccc(F)cc2)ccc1N1CCCC1=O. The van der Waals surface area contributed by atoms with Crippen LogP contribution < -0.4 is 15.5 Å². The van der Waals surface area contributed by atoms with Crippen LogP contribution in [0.1, 0.15) is 25.3 Å². The first-order valence-electron chi connectivity index (χ1n) is 8.68. The summed E-state index contributed by atoms with van der Waals surface area (Å²) in [5, 5.41) is 5.90. The second kappa shape index (κ2) is 7.56. The van der Waals surface area contributed by atoms with Gasteiger partial charge in [-0.05, 0) is 68.3 Å². The van der Waals surface area contributed by atoms with Gasteiger partial charge in [0.1, 0.15) is 11.9 Å². The van der Waals surface area contributed by atoms with Crippen LogP contribution >= 0.6 is 0 Å². The van der Waals surface area contributed by atoms with Crippen molar-refractivity contribution in [1.82, 2.24) is 0 Å². The van der Waals surface area contributed by atoms with Crippen LogP contribution in [0.15, 0.2) is 42.5 Å². The molecule has 0 aliphatic carbocycles. The Morgan fingerprint density at radius 1 is 1.15 bits per heavy atom. The minimum absolute atomic E-state index is 0.154. The molecule has 26 heavy (non-hydrogen) atoms. The van der Waals surface area contributed by atoms with Gasteiger partial charge in [0.15, 0.2) is 0 Å². The first-order chi connectivity index (χ1) is 12.4. The van der Waals surface area contributed by atoms with Gasteiger partial charge in [-0.25, -0.2) is 4.39 Å². The fourth-order valence-electron chi connectivity index (χ4n) is 3.05. The quantitative estimate of drug-likeness (QED) is 0.860. The van der Waals surface area contributed by atoms with Gasteiger partial charge in [-0.15, -0.1) is 0 Å². The monoisotopic (exact) mass is 355 g/mol. The molecule has 0 spiro atoms. The summed E-state index contributed by atoms with van der Waals surface area (Å²) >= 11 is 0. The number of hydrogen-bond donors (Lipinski definition) is 2. The number of benzene rings is 2. The van der Waals surface area contributed by atoms with E-state index in [1.165, 1.54) is 24.3 Å². The Hall–Kier alpha value is -2.89. The molecule has 2 aromatic rings. The maximum Gasteiger partial charge on any atom is 0.246 e. The third kappa shape index (κ3) is 4.02. The number of aryl methyl sites for hydroxylation is 1. The molecular weight excluding hydrogens is 333 g/mol. The van der Waals surface area contributed by atoms with Crippen LogP contribution in [0.2, 0.25) is 0 Å².